The van der Waals surface area contributed by atoms with E-state index in [9.17, 15) is 4.79 Å². The highest BCUT2D eigenvalue weighted by Gasteiger charge is 1.99. The Kier molecular flexibility index (Phi) is 8.41. The molecule has 0 spiro atoms. The summed E-state index contributed by atoms with van der Waals surface area (Å²) in [5.41, 5.74) is 0. The van der Waals surface area contributed by atoms with Crippen LogP contribution in [0.25, 0.3) is 0 Å². The Bertz CT molecular complexity index is 457. The van der Waals surface area contributed by atoms with Gasteiger partial charge < -0.3 is 9.84 Å². The Morgan fingerprint density at radius 2 is 2.00 bits per heavy atom. The fourth-order valence-corrected chi connectivity index (χ4v) is 2.12. The first-order chi connectivity index (χ1) is 9.72. The lowest BCUT2D eigenvalue weighted by molar-refractivity contribution is -0.133. The van der Waals surface area contributed by atoms with Gasteiger partial charge in [-0.15, -0.1) is 11.8 Å². The van der Waals surface area contributed by atoms with Crippen LogP contribution >= 0.6 is 11.8 Å². The van der Waals surface area contributed by atoms with Crippen molar-refractivity contribution in [3.05, 3.63) is 24.3 Å². The lowest BCUT2D eigenvalue weighted by atomic mass is 10.2. The van der Waals surface area contributed by atoms with Crippen LogP contribution in [0.3, 0.4) is 0 Å². The van der Waals surface area contributed by atoms with Crippen molar-refractivity contribution in [2.24, 2.45) is 0 Å². The second kappa shape index (κ2) is 10.2. The molecule has 0 aliphatic rings. The third-order valence-electron chi connectivity index (χ3n) is 2.53. The summed E-state index contributed by atoms with van der Waals surface area (Å²) in [5.74, 6) is 6.10. The highest BCUT2D eigenvalue weighted by molar-refractivity contribution is 8.00. The molecule has 0 saturated carbocycles. The molecular weight excluding hydrogens is 272 g/mol. The zero-order chi connectivity index (χ0) is 14.6. The number of thioether (sulfide) groups is 1. The average Bonchev–Trinajstić information content (AvgIpc) is 2.45. The Morgan fingerprint density at radius 3 is 2.65 bits per heavy atom. The maximum atomic E-state index is 10.4. The van der Waals surface area contributed by atoms with Gasteiger partial charge in [0.25, 0.3) is 0 Å². The van der Waals surface area contributed by atoms with Gasteiger partial charge in [0.05, 0.1) is 5.75 Å². The van der Waals surface area contributed by atoms with Crippen molar-refractivity contribution in [3.63, 3.8) is 0 Å². The van der Waals surface area contributed by atoms with Crippen LogP contribution in [-0.2, 0) is 4.79 Å². The summed E-state index contributed by atoms with van der Waals surface area (Å²) in [6.07, 6.45) is 4.52. The largest absolute Gasteiger partial charge is 0.481 e. The van der Waals surface area contributed by atoms with E-state index in [4.69, 9.17) is 9.84 Å². The van der Waals surface area contributed by atoms with E-state index < -0.39 is 5.97 Å². The number of benzene rings is 1. The summed E-state index contributed by atoms with van der Waals surface area (Å²) in [5, 5.41) is 8.59. The topological polar surface area (TPSA) is 46.5 Å². The molecule has 0 saturated heterocycles. The third kappa shape index (κ3) is 7.75. The number of unbranched alkanes of at least 4 members (excludes halogenated alkanes) is 3. The molecule has 0 amide bonds. The predicted molar refractivity (Wildman–Crippen MR) is 82.2 cm³/mol. The van der Waals surface area contributed by atoms with Gasteiger partial charge in [-0.05, 0) is 30.7 Å². The Labute approximate surface area is 124 Å². The zero-order valence-corrected chi connectivity index (χ0v) is 12.5. The average molecular weight is 292 g/mol. The molecule has 4 heteroatoms. The minimum atomic E-state index is -0.811. The number of aliphatic carboxylic acids is 1. The van der Waals surface area contributed by atoms with Gasteiger partial charge in [-0.1, -0.05) is 31.6 Å². The summed E-state index contributed by atoms with van der Waals surface area (Å²) in [7, 11) is 0. The maximum Gasteiger partial charge on any atom is 0.313 e. The molecule has 0 aromatic heterocycles. The Morgan fingerprint density at radius 1 is 1.25 bits per heavy atom. The van der Waals surface area contributed by atoms with E-state index >= 15 is 0 Å². The van der Waals surface area contributed by atoms with Crippen molar-refractivity contribution in [1.82, 2.24) is 0 Å². The van der Waals surface area contributed by atoms with Crippen LogP contribution < -0.4 is 4.74 Å². The molecule has 0 bridgehead atoms. The van der Waals surface area contributed by atoms with Crippen LogP contribution in [0.1, 0.15) is 32.6 Å². The summed E-state index contributed by atoms with van der Waals surface area (Å²) in [4.78, 5) is 11.4. The Balaban J connectivity index is 2.25. The number of ether oxygens (including phenoxy) is 1. The van der Waals surface area contributed by atoms with E-state index in [0.29, 0.717) is 6.61 Å². The molecule has 0 radical (unpaired) electrons. The molecule has 0 atom stereocenters. The first-order valence-electron chi connectivity index (χ1n) is 6.75. The number of carbonyl (C=O) groups is 1. The molecule has 20 heavy (non-hydrogen) atoms. The number of rotatable bonds is 8. The van der Waals surface area contributed by atoms with Gasteiger partial charge in [0.15, 0.2) is 0 Å². The maximum absolute atomic E-state index is 10.4. The number of hydrogen-bond donors (Lipinski definition) is 1. The summed E-state index contributed by atoms with van der Waals surface area (Å²) in [6.45, 7) is 2.57. The molecule has 3 nitrogen and oxygen atoms in total. The van der Waals surface area contributed by atoms with Crippen LogP contribution in [0.2, 0.25) is 0 Å². The van der Waals surface area contributed by atoms with E-state index in [0.717, 1.165) is 23.5 Å². The second-order valence-electron chi connectivity index (χ2n) is 4.25. The minimum Gasteiger partial charge on any atom is -0.481 e. The van der Waals surface area contributed by atoms with Crippen LogP contribution in [0, 0.1) is 11.8 Å². The van der Waals surface area contributed by atoms with Crippen molar-refractivity contribution in [2.75, 3.05) is 12.4 Å². The monoisotopic (exact) mass is 292 g/mol. The molecule has 1 N–H and O–H groups in total. The van der Waals surface area contributed by atoms with Gasteiger partial charge in [-0.3, -0.25) is 4.79 Å². The van der Waals surface area contributed by atoms with Crippen molar-refractivity contribution in [1.29, 1.82) is 0 Å². The zero-order valence-electron chi connectivity index (χ0n) is 11.7. The Hall–Kier alpha value is -1.60. The lowest BCUT2D eigenvalue weighted by Crippen LogP contribution is -1.97. The van der Waals surface area contributed by atoms with Crippen LogP contribution in [0.15, 0.2) is 29.2 Å². The van der Waals surface area contributed by atoms with E-state index in [1.165, 1.54) is 24.6 Å². The SMILES string of the molecule is CCCCCC#CCOc1ccc(SCC(=O)O)cc1. The number of carboxylic acid groups (broad SMARTS) is 1. The fraction of sp³-hybridized carbons (Fsp3) is 0.438. The minimum absolute atomic E-state index is 0.0729. The normalized spacial score (nSPS) is 9.65. The lowest BCUT2D eigenvalue weighted by Gasteiger charge is -2.03. The van der Waals surface area contributed by atoms with Gasteiger partial charge in [-0.25, -0.2) is 0 Å². The van der Waals surface area contributed by atoms with Crippen LogP contribution in [0.4, 0.5) is 0 Å². The third-order valence-corrected chi connectivity index (χ3v) is 3.52. The van der Waals surface area contributed by atoms with Gasteiger partial charge >= 0.3 is 5.97 Å². The van der Waals surface area contributed by atoms with Crippen molar-refractivity contribution in [3.8, 4) is 17.6 Å². The smallest absolute Gasteiger partial charge is 0.313 e. The van der Waals surface area contributed by atoms with E-state index in [1.807, 2.05) is 24.3 Å². The molecule has 0 fully saturated rings. The van der Waals surface area contributed by atoms with E-state index in [2.05, 4.69) is 18.8 Å². The summed E-state index contributed by atoms with van der Waals surface area (Å²) in [6, 6.07) is 7.39. The molecule has 0 aliphatic heterocycles. The molecule has 0 aliphatic carbocycles. The molecule has 1 aromatic rings. The molecule has 1 rings (SSSR count). The molecule has 0 heterocycles. The summed E-state index contributed by atoms with van der Waals surface area (Å²) >= 11 is 1.29. The molecule has 0 unspecified atom stereocenters. The number of hydrogen-bond acceptors (Lipinski definition) is 3. The van der Waals surface area contributed by atoms with Gasteiger partial charge in [0.1, 0.15) is 12.4 Å². The van der Waals surface area contributed by atoms with Crippen molar-refractivity contribution >= 4 is 17.7 Å². The van der Waals surface area contributed by atoms with Gasteiger partial charge in [0.2, 0.25) is 0 Å². The fourth-order valence-electron chi connectivity index (χ4n) is 1.50. The number of carboxylic acids is 1. The quantitative estimate of drug-likeness (QED) is 0.449. The molecule has 1 aromatic carbocycles. The first kappa shape index (κ1) is 16.5. The predicted octanol–water partition coefficient (Wildman–Crippen LogP) is 3.83. The molecular formula is C16H20O3S. The van der Waals surface area contributed by atoms with Crippen molar-refractivity contribution in [2.45, 2.75) is 37.5 Å². The van der Waals surface area contributed by atoms with Gasteiger partial charge in [0, 0.05) is 11.3 Å². The highest BCUT2D eigenvalue weighted by atomic mass is 32.2. The molecule has 108 valence electrons. The first-order valence-corrected chi connectivity index (χ1v) is 7.74. The van der Waals surface area contributed by atoms with E-state index in [-0.39, 0.29) is 5.75 Å². The highest BCUT2D eigenvalue weighted by Crippen LogP contribution is 2.21. The second-order valence-corrected chi connectivity index (χ2v) is 5.30. The summed E-state index contributed by atoms with van der Waals surface area (Å²) < 4.78 is 5.49. The van der Waals surface area contributed by atoms with Crippen molar-refractivity contribution < 1.29 is 14.6 Å². The van der Waals surface area contributed by atoms with Crippen LogP contribution in [-0.4, -0.2) is 23.4 Å². The van der Waals surface area contributed by atoms with Gasteiger partial charge in [-0.2, -0.15) is 0 Å². The van der Waals surface area contributed by atoms with E-state index in [1.54, 1.807) is 0 Å². The van der Waals surface area contributed by atoms with Crippen LogP contribution in [0.5, 0.6) is 5.75 Å². The standard InChI is InChI=1S/C16H20O3S/c1-2-3-4-5-6-7-12-19-14-8-10-15(11-9-14)20-13-16(17)18/h8-11H,2-5,12-13H2,1H3,(H,17,18).